The molecule has 0 aliphatic carbocycles. The number of hydrogen-bond acceptors (Lipinski definition) is 4. The Kier molecular flexibility index (Phi) is 4.59. The Morgan fingerprint density at radius 3 is 2.38 bits per heavy atom. The van der Waals surface area contributed by atoms with Crippen molar-refractivity contribution in [2.45, 2.75) is 31.5 Å². The van der Waals surface area contributed by atoms with E-state index in [9.17, 15) is 8.42 Å². The predicted octanol–water partition coefficient (Wildman–Crippen LogP) is 3.89. The van der Waals surface area contributed by atoms with Crippen LogP contribution in [0.5, 0.6) is 0 Å². The van der Waals surface area contributed by atoms with E-state index in [0.29, 0.717) is 16.4 Å². The van der Waals surface area contributed by atoms with Gasteiger partial charge in [-0.2, -0.15) is 0 Å². The number of halogens is 3. The molecule has 2 rings (SSSR count). The van der Waals surface area contributed by atoms with Crippen LogP contribution in [0.1, 0.15) is 20.8 Å². The number of benzene rings is 1. The summed E-state index contributed by atoms with van der Waals surface area (Å²) in [6, 6.07) is 5.30. The van der Waals surface area contributed by atoms with Gasteiger partial charge in [0.15, 0.2) is 5.82 Å². The maximum atomic E-state index is 11.7. The molecule has 1 aromatic heterocycles. The largest absolute Gasteiger partial charge is 0.296 e. The van der Waals surface area contributed by atoms with Gasteiger partial charge in [0.1, 0.15) is 0 Å². The predicted molar refractivity (Wildman–Crippen MR) is 91.2 cm³/mol. The van der Waals surface area contributed by atoms with Gasteiger partial charge in [-0.15, -0.1) is 10.2 Å². The Hall–Kier alpha value is -0.380. The van der Waals surface area contributed by atoms with Crippen molar-refractivity contribution in [2.75, 3.05) is 0 Å². The number of hydrogen-bond donors (Lipinski definition) is 0. The first-order chi connectivity index (χ1) is 9.51. The standard InChI is InChI=1S/C12H12Cl2IN3O2S/c1-12(2,3)18-10(16-17-11(18)21(14,19)20)8-6-7(13)4-5-9(8)15/h4-6H,1-3H3. The second-order valence-corrected chi connectivity index (χ2v) is 9.43. The fourth-order valence-corrected chi connectivity index (χ4v) is 3.64. The molecule has 0 aliphatic heterocycles. The highest BCUT2D eigenvalue weighted by Gasteiger charge is 2.30. The van der Waals surface area contributed by atoms with Gasteiger partial charge in [-0.3, -0.25) is 4.57 Å². The SMILES string of the molecule is CC(C)(C)n1c(-c2cc(Cl)ccc2I)nnc1S(=O)(=O)Cl. The maximum absolute atomic E-state index is 11.7. The van der Waals surface area contributed by atoms with E-state index >= 15 is 0 Å². The molecule has 0 N–H and O–H groups in total. The lowest BCUT2D eigenvalue weighted by molar-refractivity contribution is 0.367. The van der Waals surface area contributed by atoms with E-state index in [0.717, 1.165) is 3.57 Å². The molecule has 114 valence electrons. The molecule has 0 unspecified atom stereocenters. The average molecular weight is 460 g/mol. The summed E-state index contributed by atoms with van der Waals surface area (Å²) < 4.78 is 25.8. The Bertz CT molecular complexity index is 797. The molecule has 0 bridgehead atoms. The summed E-state index contributed by atoms with van der Waals surface area (Å²) >= 11 is 8.16. The van der Waals surface area contributed by atoms with Crippen molar-refractivity contribution in [1.29, 1.82) is 0 Å². The summed E-state index contributed by atoms with van der Waals surface area (Å²) in [6.45, 7) is 5.55. The van der Waals surface area contributed by atoms with Crippen molar-refractivity contribution >= 4 is 53.9 Å². The molecule has 0 radical (unpaired) electrons. The molecular formula is C12H12Cl2IN3O2S. The Labute approximate surface area is 146 Å². The minimum absolute atomic E-state index is 0.276. The Morgan fingerprint density at radius 2 is 1.86 bits per heavy atom. The quantitative estimate of drug-likeness (QED) is 0.504. The first kappa shape index (κ1) is 17.0. The normalized spacial score (nSPS) is 12.7. The van der Waals surface area contributed by atoms with E-state index in [1.165, 1.54) is 4.57 Å². The summed E-state index contributed by atoms with van der Waals surface area (Å²) in [6.07, 6.45) is 0. The zero-order chi connectivity index (χ0) is 16.0. The fraction of sp³-hybridized carbons (Fsp3) is 0.333. The maximum Gasteiger partial charge on any atom is 0.296 e. The van der Waals surface area contributed by atoms with Gasteiger partial charge in [-0.05, 0) is 61.6 Å². The fourth-order valence-electron chi connectivity index (χ4n) is 1.88. The molecule has 0 atom stereocenters. The Balaban J connectivity index is 2.83. The van der Waals surface area contributed by atoms with E-state index in [1.54, 1.807) is 12.1 Å². The van der Waals surface area contributed by atoms with Gasteiger partial charge < -0.3 is 0 Å². The van der Waals surface area contributed by atoms with Crippen molar-refractivity contribution in [3.63, 3.8) is 0 Å². The van der Waals surface area contributed by atoms with Crippen LogP contribution in [0.4, 0.5) is 0 Å². The van der Waals surface area contributed by atoms with Crippen LogP contribution < -0.4 is 0 Å². The lowest BCUT2D eigenvalue weighted by Crippen LogP contribution is -2.26. The summed E-state index contributed by atoms with van der Waals surface area (Å²) in [7, 11) is 1.46. The molecule has 5 nitrogen and oxygen atoms in total. The van der Waals surface area contributed by atoms with Crippen molar-refractivity contribution in [1.82, 2.24) is 14.8 Å². The van der Waals surface area contributed by atoms with Gasteiger partial charge in [0.05, 0.1) is 0 Å². The van der Waals surface area contributed by atoms with Gasteiger partial charge in [0.25, 0.3) is 14.2 Å². The molecule has 1 aromatic carbocycles. The van der Waals surface area contributed by atoms with Crippen molar-refractivity contribution in [2.24, 2.45) is 0 Å². The van der Waals surface area contributed by atoms with Crippen LogP contribution in [-0.4, -0.2) is 23.2 Å². The van der Waals surface area contributed by atoms with Crippen LogP contribution in [-0.2, 0) is 14.6 Å². The number of nitrogens with zero attached hydrogens (tertiary/aromatic N) is 3. The lowest BCUT2D eigenvalue weighted by atomic mass is 10.1. The lowest BCUT2D eigenvalue weighted by Gasteiger charge is -2.24. The smallest absolute Gasteiger partial charge is 0.291 e. The third kappa shape index (κ3) is 3.52. The van der Waals surface area contributed by atoms with E-state index in [-0.39, 0.29) is 5.16 Å². The first-order valence-corrected chi connectivity index (χ1v) is 9.64. The molecule has 9 heteroatoms. The molecule has 0 saturated carbocycles. The second kappa shape index (κ2) is 5.68. The second-order valence-electron chi connectivity index (χ2n) is 5.37. The van der Waals surface area contributed by atoms with Crippen LogP contribution in [0.15, 0.2) is 23.4 Å². The highest BCUT2D eigenvalue weighted by atomic mass is 127. The monoisotopic (exact) mass is 459 g/mol. The van der Waals surface area contributed by atoms with E-state index < -0.39 is 14.6 Å². The summed E-state index contributed by atoms with van der Waals surface area (Å²) in [5.74, 6) is 0.411. The van der Waals surface area contributed by atoms with Gasteiger partial charge >= 0.3 is 0 Å². The number of rotatable bonds is 2. The minimum atomic E-state index is -4.00. The van der Waals surface area contributed by atoms with Crippen LogP contribution in [0.3, 0.4) is 0 Å². The van der Waals surface area contributed by atoms with E-state index in [4.69, 9.17) is 22.3 Å². The van der Waals surface area contributed by atoms with Crippen LogP contribution >= 0.6 is 44.9 Å². The molecule has 1 heterocycles. The summed E-state index contributed by atoms with van der Waals surface area (Å²) in [5, 5.41) is 8.01. The van der Waals surface area contributed by atoms with Crippen LogP contribution in [0, 0.1) is 3.57 Å². The molecule has 0 aliphatic rings. The summed E-state index contributed by atoms with van der Waals surface area (Å²) in [5.41, 5.74) is 0.138. The third-order valence-corrected chi connectivity index (χ3v) is 4.98. The molecule has 21 heavy (non-hydrogen) atoms. The van der Waals surface area contributed by atoms with Gasteiger partial charge in [-0.25, -0.2) is 8.42 Å². The van der Waals surface area contributed by atoms with Crippen LogP contribution in [0.2, 0.25) is 5.02 Å². The Morgan fingerprint density at radius 1 is 1.24 bits per heavy atom. The zero-order valence-corrected chi connectivity index (χ0v) is 15.9. The summed E-state index contributed by atoms with van der Waals surface area (Å²) in [4.78, 5) is 0. The van der Waals surface area contributed by atoms with Gasteiger partial charge in [0, 0.05) is 30.4 Å². The van der Waals surface area contributed by atoms with Crippen LogP contribution in [0.25, 0.3) is 11.4 Å². The van der Waals surface area contributed by atoms with Crippen molar-refractivity contribution in [3.8, 4) is 11.4 Å². The highest BCUT2D eigenvalue weighted by Crippen LogP contribution is 2.33. The molecule has 0 spiro atoms. The number of aromatic nitrogens is 3. The topological polar surface area (TPSA) is 64.8 Å². The highest BCUT2D eigenvalue weighted by molar-refractivity contribution is 14.1. The molecule has 0 amide bonds. The van der Waals surface area contributed by atoms with E-state index in [1.807, 2.05) is 26.8 Å². The average Bonchev–Trinajstić information content (AvgIpc) is 2.76. The molecule has 0 fully saturated rings. The molecule has 0 saturated heterocycles. The molecular weight excluding hydrogens is 448 g/mol. The van der Waals surface area contributed by atoms with Crippen molar-refractivity contribution < 1.29 is 8.42 Å². The van der Waals surface area contributed by atoms with Gasteiger partial charge in [-0.1, -0.05) is 11.6 Å². The van der Waals surface area contributed by atoms with E-state index in [2.05, 4.69) is 32.8 Å². The third-order valence-electron chi connectivity index (χ3n) is 2.69. The first-order valence-electron chi connectivity index (χ1n) is 5.88. The zero-order valence-electron chi connectivity index (χ0n) is 11.4. The molecule has 2 aromatic rings. The minimum Gasteiger partial charge on any atom is -0.291 e. The van der Waals surface area contributed by atoms with Gasteiger partial charge in [0.2, 0.25) is 0 Å². The van der Waals surface area contributed by atoms with Crippen molar-refractivity contribution in [3.05, 3.63) is 26.8 Å².